The van der Waals surface area contributed by atoms with Gasteiger partial charge in [0.05, 0.1) is 22.7 Å². The predicted molar refractivity (Wildman–Crippen MR) is 96.5 cm³/mol. The minimum absolute atomic E-state index is 0.0749. The molecule has 0 saturated carbocycles. The fourth-order valence-corrected chi connectivity index (χ4v) is 4.03. The van der Waals surface area contributed by atoms with E-state index in [1.807, 2.05) is 31.9 Å². The third-order valence-electron chi connectivity index (χ3n) is 5.14. The number of hydrogen-bond donors (Lipinski definition) is 0. The van der Waals surface area contributed by atoms with Gasteiger partial charge >= 0.3 is 0 Å². The Morgan fingerprint density at radius 1 is 1.32 bits per heavy atom. The van der Waals surface area contributed by atoms with Crippen LogP contribution in [0.4, 0.5) is 0 Å². The molecule has 0 spiro atoms. The Balaban J connectivity index is 1.83. The Hall–Kier alpha value is -2.63. The maximum Gasteiger partial charge on any atom is 0.255 e. The summed E-state index contributed by atoms with van der Waals surface area (Å²) in [6.07, 6.45) is 2.99. The van der Waals surface area contributed by atoms with Gasteiger partial charge in [0.1, 0.15) is 0 Å². The van der Waals surface area contributed by atoms with Crippen molar-refractivity contribution in [3.63, 3.8) is 0 Å². The van der Waals surface area contributed by atoms with E-state index in [0.717, 1.165) is 41.9 Å². The van der Waals surface area contributed by atoms with Crippen molar-refractivity contribution in [2.24, 2.45) is 7.05 Å². The highest BCUT2D eigenvalue weighted by molar-refractivity contribution is 6.06. The summed E-state index contributed by atoms with van der Waals surface area (Å²) in [6, 6.07) is 6.19. The molecule has 3 aromatic rings. The SMILES string of the molecule is CCC1c2cccn2CCN1C(=O)c1cc(C)nc2c1c(C)nn2C. The maximum atomic E-state index is 13.5. The van der Waals surface area contributed by atoms with Gasteiger partial charge < -0.3 is 9.47 Å². The molecular weight excluding hydrogens is 314 g/mol. The van der Waals surface area contributed by atoms with Gasteiger partial charge in [-0.15, -0.1) is 0 Å². The second kappa shape index (κ2) is 5.72. The lowest BCUT2D eigenvalue weighted by atomic mass is 10.0. The van der Waals surface area contributed by atoms with Gasteiger partial charge in [-0.25, -0.2) is 4.98 Å². The number of hydrogen-bond acceptors (Lipinski definition) is 3. The molecule has 1 atom stereocenters. The first-order valence-corrected chi connectivity index (χ1v) is 8.78. The van der Waals surface area contributed by atoms with Crippen molar-refractivity contribution in [1.82, 2.24) is 24.2 Å². The van der Waals surface area contributed by atoms with Crippen LogP contribution in [-0.2, 0) is 13.6 Å². The van der Waals surface area contributed by atoms with Gasteiger partial charge in [-0.3, -0.25) is 9.48 Å². The molecule has 0 aromatic carbocycles. The van der Waals surface area contributed by atoms with Crippen LogP contribution in [0.5, 0.6) is 0 Å². The summed E-state index contributed by atoms with van der Waals surface area (Å²) in [6.45, 7) is 7.56. The van der Waals surface area contributed by atoms with Gasteiger partial charge in [-0.2, -0.15) is 5.10 Å². The molecule has 3 aromatic heterocycles. The van der Waals surface area contributed by atoms with Gasteiger partial charge in [-0.05, 0) is 38.5 Å². The van der Waals surface area contributed by atoms with E-state index in [1.165, 1.54) is 5.69 Å². The summed E-state index contributed by atoms with van der Waals surface area (Å²) in [7, 11) is 1.87. The molecule has 1 unspecified atom stereocenters. The van der Waals surface area contributed by atoms with Gasteiger partial charge in [0.25, 0.3) is 5.91 Å². The summed E-state index contributed by atoms with van der Waals surface area (Å²) in [4.78, 5) is 20.1. The Bertz CT molecular complexity index is 968. The zero-order valence-corrected chi connectivity index (χ0v) is 15.2. The maximum absolute atomic E-state index is 13.5. The first-order valence-electron chi connectivity index (χ1n) is 8.78. The number of amides is 1. The fraction of sp³-hybridized carbons (Fsp3) is 0.421. The van der Waals surface area contributed by atoms with Crippen LogP contribution in [0, 0.1) is 13.8 Å². The lowest BCUT2D eigenvalue weighted by Crippen LogP contribution is -2.41. The van der Waals surface area contributed by atoms with Crippen molar-refractivity contribution in [3.8, 4) is 0 Å². The topological polar surface area (TPSA) is 56.0 Å². The number of fused-ring (bicyclic) bond motifs is 2. The standard InChI is InChI=1S/C19H23N5O/c1-5-15-16-7-6-8-23(16)9-10-24(15)19(25)14-11-12(2)20-18-17(14)13(3)21-22(18)4/h6-8,11,15H,5,9-10H2,1-4H3. The Kier molecular flexibility index (Phi) is 3.63. The van der Waals surface area contributed by atoms with Crippen LogP contribution in [0.3, 0.4) is 0 Å². The van der Waals surface area contributed by atoms with E-state index >= 15 is 0 Å². The average molecular weight is 337 g/mol. The molecule has 130 valence electrons. The van der Waals surface area contributed by atoms with Crippen LogP contribution >= 0.6 is 0 Å². The quantitative estimate of drug-likeness (QED) is 0.722. The van der Waals surface area contributed by atoms with Gasteiger partial charge in [-0.1, -0.05) is 6.92 Å². The number of carbonyl (C=O) groups is 1. The third-order valence-corrected chi connectivity index (χ3v) is 5.14. The summed E-state index contributed by atoms with van der Waals surface area (Å²) in [5, 5.41) is 5.34. The number of rotatable bonds is 2. The molecule has 0 radical (unpaired) electrons. The molecule has 4 rings (SSSR count). The van der Waals surface area contributed by atoms with E-state index in [0.29, 0.717) is 5.56 Å². The molecule has 25 heavy (non-hydrogen) atoms. The molecule has 1 aliphatic heterocycles. The highest BCUT2D eigenvalue weighted by Gasteiger charge is 2.31. The van der Waals surface area contributed by atoms with Crippen molar-refractivity contribution < 1.29 is 4.79 Å². The minimum Gasteiger partial charge on any atom is -0.348 e. The smallest absolute Gasteiger partial charge is 0.255 e. The van der Waals surface area contributed by atoms with E-state index in [4.69, 9.17) is 0 Å². The zero-order valence-electron chi connectivity index (χ0n) is 15.2. The Morgan fingerprint density at radius 2 is 2.12 bits per heavy atom. The van der Waals surface area contributed by atoms with Crippen molar-refractivity contribution in [1.29, 1.82) is 0 Å². The second-order valence-electron chi connectivity index (χ2n) is 6.77. The summed E-state index contributed by atoms with van der Waals surface area (Å²) in [5.41, 5.74) is 4.39. The van der Waals surface area contributed by atoms with Gasteiger partial charge in [0.15, 0.2) is 5.65 Å². The summed E-state index contributed by atoms with van der Waals surface area (Å²) >= 11 is 0. The molecule has 0 bridgehead atoms. The van der Waals surface area contributed by atoms with Gasteiger partial charge in [0.2, 0.25) is 0 Å². The first-order chi connectivity index (χ1) is 12.0. The Morgan fingerprint density at radius 3 is 2.88 bits per heavy atom. The highest BCUT2D eigenvalue weighted by atomic mass is 16.2. The molecule has 0 N–H and O–H groups in total. The molecule has 0 saturated heterocycles. The van der Waals surface area contributed by atoms with E-state index < -0.39 is 0 Å². The number of aromatic nitrogens is 4. The second-order valence-corrected chi connectivity index (χ2v) is 6.77. The molecule has 0 aliphatic carbocycles. The molecule has 1 aliphatic rings. The normalized spacial score (nSPS) is 17.1. The Labute approximate surface area is 147 Å². The molecule has 6 heteroatoms. The predicted octanol–water partition coefficient (Wildman–Crippen LogP) is 2.99. The van der Waals surface area contributed by atoms with E-state index in [1.54, 1.807) is 4.68 Å². The van der Waals surface area contributed by atoms with Crippen LogP contribution < -0.4 is 0 Å². The molecule has 6 nitrogen and oxygen atoms in total. The lowest BCUT2D eigenvalue weighted by molar-refractivity contribution is 0.0619. The third kappa shape index (κ3) is 2.35. The highest BCUT2D eigenvalue weighted by Crippen LogP contribution is 2.32. The molecular formula is C19H23N5O. The minimum atomic E-state index is 0.0749. The molecule has 0 fully saturated rings. The number of carbonyl (C=O) groups excluding carboxylic acids is 1. The van der Waals surface area contributed by atoms with E-state index in [2.05, 4.69) is 39.9 Å². The first kappa shape index (κ1) is 15.9. The van der Waals surface area contributed by atoms with Crippen molar-refractivity contribution >= 4 is 16.9 Å². The molecule has 1 amide bonds. The van der Waals surface area contributed by atoms with Crippen molar-refractivity contribution in [2.45, 2.75) is 39.8 Å². The van der Waals surface area contributed by atoms with Crippen molar-refractivity contribution in [3.05, 3.63) is 47.0 Å². The van der Waals surface area contributed by atoms with Crippen LogP contribution in [0.1, 0.15) is 46.8 Å². The largest absolute Gasteiger partial charge is 0.348 e. The molecule has 4 heterocycles. The fourth-order valence-electron chi connectivity index (χ4n) is 4.03. The van der Waals surface area contributed by atoms with Crippen LogP contribution in [0.25, 0.3) is 11.0 Å². The van der Waals surface area contributed by atoms with Crippen LogP contribution in [-0.4, -0.2) is 36.7 Å². The monoisotopic (exact) mass is 337 g/mol. The lowest BCUT2D eigenvalue weighted by Gasteiger charge is -2.36. The number of aryl methyl sites for hydroxylation is 3. The van der Waals surface area contributed by atoms with Crippen LogP contribution in [0.2, 0.25) is 0 Å². The van der Waals surface area contributed by atoms with Crippen LogP contribution in [0.15, 0.2) is 24.4 Å². The zero-order chi connectivity index (χ0) is 17.7. The van der Waals surface area contributed by atoms with Crippen molar-refractivity contribution in [2.75, 3.05) is 6.54 Å². The summed E-state index contributed by atoms with van der Waals surface area (Å²) < 4.78 is 4.01. The average Bonchev–Trinajstić information content (AvgIpc) is 3.17. The number of pyridine rings is 1. The van der Waals surface area contributed by atoms with Gasteiger partial charge in [0, 0.05) is 37.7 Å². The summed E-state index contributed by atoms with van der Waals surface area (Å²) in [5.74, 6) is 0.0749. The number of nitrogens with zero attached hydrogens (tertiary/aromatic N) is 5. The van der Waals surface area contributed by atoms with E-state index in [9.17, 15) is 4.79 Å². The van der Waals surface area contributed by atoms with E-state index in [-0.39, 0.29) is 11.9 Å².